The molecule has 4 rings (SSSR count). The van der Waals surface area contributed by atoms with Gasteiger partial charge in [-0.25, -0.2) is 4.98 Å². The van der Waals surface area contributed by atoms with Crippen LogP contribution in [0.5, 0.6) is 0 Å². The van der Waals surface area contributed by atoms with Crippen molar-refractivity contribution in [3.8, 4) is 0 Å². The molecule has 2 saturated heterocycles. The van der Waals surface area contributed by atoms with E-state index in [0.29, 0.717) is 18.9 Å². The van der Waals surface area contributed by atoms with Gasteiger partial charge in [0, 0.05) is 43.5 Å². The third-order valence-corrected chi connectivity index (χ3v) is 6.31. The number of aromatic nitrogens is 2. The highest BCUT2D eigenvalue weighted by Crippen LogP contribution is 2.41. The van der Waals surface area contributed by atoms with Gasteiger partial charge in [0.1, 0.15) is 0 Å². The maximum absolute atomic E-state index is 12.6. The molecule has 2 fully saturated rings. The molecule has 2 aliphatic heterocycles. The molecule has 144 valence electrons. The first kappa shape index (κ1) is 18.5. The highest BCUT2D eigenvalue weighted by atomic mass is 35.5. The van der Waals surface area contributed by atoms with Crippen LogP contribution in [0.25, 0.3) is 0 Å². The smallest absolute Gasteiger partial charge is 0.223 e. The van der Waals surface area contributed by atoms with Crippen molar-refractivity contribution in [2.75, 3.05) is 26.2 Å². The molecule has 0 aliphatic carbocycles. The van der Waals surface area contributed by atoms with Gasteiger partial charge in [0.25, 0.3) is 0 Å². The van der Waals surface area contributed by atoms with Crippen molar-refractivity contribution in [1.82, 2.24) is 19.4 Å². The SMILES string of the molecule is O=C1CC2(CCN(CCCn3ccnc3)CC2)CN1Cc1ccc(Cl)cc1. The highest BCUT2D eigenvalue weighted by molar-refractivity contribution is 6.30. The second-order valence-electron chi connectivity index (χ2n) is 8.05. The summed E-state index contributed by atoms with van der Waals surface area (Å²) in [6.07, 6.45) is 9.84. The van der Waals surface area contributed by atoms with E-state index in [1.807, 2.05) is 47.9 Å². The minimum atomic E-state index is 0.185. The molecular formula is C21H27ClN4O. The molecule has 1 aromatic heterocycles. The third kappa shape index (κ3) is 4.53. The summed E-state index contributed by atoms with van der Waals surface area (Å²) in [4.78, 5) is 21.3. The summed E-state index contributed by atoms with van der Waals surface area (Å²) < 4.78 is 2.13. The summed E-state index contributed by atoms with van der Waals surface area (Å²) in [7, 11) is 0. The molecule has 1 aromatic carbocycles. The van der Waals surface area contributed by atoms with Crippen LogP contribution in [0.2, 0.25) is 5.02 Å². The van der Waals surface area contributed by atoms with Crippen LogP contribution in [0.1, 0.15) is 31.2 Å². The Bertz CT molecular complexity index is 751. The Hall–Kier alpha value is -1.85. The number of likely N-dealkylation sites (tertiary alicyclic amines) is 2. The number of imidazole rings is 1. The zero-order chi connectivity index (χ0) is 18.7. The molecule has 0 bridgehead atoms. The van der Waals surface area contributed by atoms with Gasteiger partial charge in [0.2, 0.25) is 5.91 Å². The summed E-state index contributed by atoms with van der Waals surface area (Å²) in [5, 5.41) is 0.739. The molecule has 0 saturated carbocycles. The lowest BCUT2D eigenvalue weighted by atomic mass is 9.77. The number of halogens is 1. The third-order valence-electron chi connectivity index (χ3n) is 6.06. The van der Waals surface area contributed by atoms with E-state index in [1.165, 1.54) is 0 Å². The number of benzene rings is 1. The number of aryl methyl sites for hydroxylation is 1. The van der Waals surface area contributed by atoms with Gasteiger partial charge < -0.3 is 14.4 Å². The van der Waals surface area contributed by atoms with Crippen molar-refractivity contribution in [3.05, 3.63) is 53.6 Å². The van der Waals surface area contributed by atoms with Crippen LogP contribution in [0.15, 0.2) is 43.0 Å². The average Bonchev–Trinajstić information content (AvgIpc) is 3.28. The van der Waals surface area contributed by atoms with E-state index in [4.69, 9.17) is 11.6 Å². The number of hydrogen-bond acceptors (Lipinski definition) is 3. The van der Waals surface area contributed by atoms with Crippen LogP contribution < -0.4 is 0 Å². The Morgan fingerprint density at radius 1 is 1.11 bits per heavy atom. The Kier molecular flexibility index (Phi) is 5.50. The standard InChI is InChI=1S/C21H27ClN4O/c22-19-4-2-18(3-5-19)15-26-16-21(14-20(26)27)6-11-24(12-7-21)9-1-10-25-13-8-23-17-25/h2-5,8,13,17H,1,6-7,9-12,14-16H2. The predicted octanol–water partition coefficient (Wildman–Crippen LogP) is 3.44. The molecule has 0 N–H and O–H groups in total. The highest BCUT2D eigenvalue weighted by Gasteiger charge is 2.44. The van der Waals surface area contributed by atoms with E-state index in [2.05, 4.69) is 14.5 Å². The number of piperidine rings is 1. The Morgan fingerprint density at radius 2 is 1.89 bits per heavy atom. The van der Waals surface area contributed by atoms with Crippen LogP contribution in [0, 0.1) is 5.41 Å². The minimum absolute atomic E-state index is 0.185. The number of nitrogens with zero attached hydrogens (tertiary/aromatic N) is 4. The van der Waals surface area contributed by atoms with Crippen LogP contribution in [-0.2, 0) is 17.9 Å². The van der Waals surface area contributed by atoms with E-state index in [9.17, 15) is 4.79 Å². The fraction of sp³-hybridized carbons (Fsp3) is 0.524. The predicted molar refractivity (Wildman–Crippen MR) is 106 cm³/mol. The zero-order valence-corrected chi connectivity index (χ0v) is 16.4. The summed E-state index contributed by atoms with van der Waals surface area (Å²) in [5.41, 5.74) is 1.34. The molecule has 6 heteroatoms. The zero-order valence-electron chi connectivity index (χ0n) is 15.7. The monoisotopic (exact) mass is 386 g/mol. The Labute approximate surface area is 165 Å². The average molecular weight is 387 g/mol. The van der Waals surface area contributed by atoms with E-state index >= 15 is 0 Å². The van der Waals surface area contributed by atoms with Crippen molar-refractivity contribution in [1.29, 1.82) is 0 Å². The molecule has 0 atom stereocenters. The lowest BCUT2D eigenvalue weighted by Gasteiger charge is -2.38. The van der Waals surface area contributed by atoms with Gasteiger partial charge in [-0.05, 0) is 62.0 Å². The summed E-state index contributed by atoms with van der Waals surface area (Å²) >= 11 is 5.96. The first-order valence-corrected chi connectivity index (χ1v) is 10.2. The number of rotatable bonds is 6. The molecule has 2 aromatic rings. The van der Waals surface area contributed by atoms with E-state index in [1.54, 1.807) is 0 Å². The maximum Gasteiger partial charge on any atom is 0.223 e. The largest absolute Gasteiger partial charge is 0.338 e. The molecule has 2 aliphatic rings. The van der Waals surface area contributed by atoms with Gasteiger partial charge in [-0.3, -0.25) is 4.79 Å². The lowest BCUT2D eigenvalue weighted by Crippen LogP contribution is -2.42. The second-order valence-corrected chi connectivity index (χ2v) is 8.49. The number of amides is 1. The Balaban J connectivity index is 1.25. The topological polar surface area (TPSA) is 41.4 Å². The van der Waals surface area contributed by atoms with Gasteiger partial charge in [0.05, 0.1) is 6.33 Å². The van der Waals surface area contributed by atoms with Crippen LogP contribution in [0.3, 0.4) is 0 Å². The quantitative estimate of drug-likeness (QED) is 0.763. The fourth-order valence-electron chi connectivity index (χ4n) is 4.42. The van der Waals surface area contributed by atoms with E-state index in [-0.39, 0.29) is 5.41 Å². The summed E-state index contributed by atoms with van der Waals surface area (Å²) in [5.74, 6) is 0.304. The van der Waals surface area contributed by atoms with Gasteiger partial charge in [-0.2, -0.15) is 0 Å². The maximum atomic E-state index is 12.6. The first-order valence-electron chi connectivity index (χ1n) is 9.82. The number of hydrogen-bond donors (Lipinski definition) is 0. The molecule has 27 heavy (non-hydrogen) atoms. The second kappa shape index (κ2) is 8.03. The Morgan fingerprint density at radius 3 is 2.59 bits per heavy atom. The summed E-state index contributed by atoms with van der Waals surface area (Å²) in [6, 6.07) is 7.83. The van der Waals surface area contributed by atoms with Crippen molar-refractivity contribution >= 4 is 17.5 Å². The summed E-state index contributed by atoms with van der Waals surface area (Å²) in [6.45, 7) is 5.95. The van der Waals surface area contributed by atoms with E-state index in [0.717, 1.165) is 62.6 Å². The molecule has 3 heterocycles. The normalized spacial score (nSPS) is 19.9. The van der Waals surface area contributed by atoms with Crippen LogP contribution >= 0.6 is 11.6 Å². The fourth-order valence-corrected chi connectivity index (χ4v) is 4.54. The van der Waals surface area contributed by atoms with Crippen molar-refractivity contribution in [3.63, 3.8) is 0 Å². The van der Waals surface area contributed by atoms with Crippen LogP contribution in [0.4, 0.5) is 0 Å². The number of carbonyl (C=O) groups excluding carboxylic acids is 1. The molecule has 1 amide bonds. The van der Waals surface area contributed by atoms with E-state index < -0.39 is 0 Å². The van der Waals surface area contributed by atoms with Gasteiger partial charge in [-0.1, -0.05) is 23.7 Å². The van der Waals surface area contributed by atoms with Gasteiger partial charge in [0.15, 0.2) is 0 Å². The van der Waals surface area contributed by atoms with Crippen molar-refractivity contribution in [2.24, 2.45) is 5.41 Å². The molecule has 5 nitrogen and oxygen atoms in total. The lowest BCUT2D eigenvalue weighted by molar-refractivity contribution is -0.128. The van der Waals surface area contributed by atoms with Gasteiger partial charge in [-0.15, -0.1) is 0 Å². The molecular weight excluding hydrogens is 360 g/mol. The minimum Gasteiger partial charge on any atom is -0.338 e. The van der Waals surface area contributed by atoms with Crippen LogP contribution in [-0.4, -0.2) is 51.4 Å². The molecule has 0 radical (unpaired) electrons. The van der Waals surface area contributed by atoms with Crippen molar-refractivity contribution in [2.45, 2.75) is 38.8 Å². The molecule has 1 spiro atoms. The first-order chi connectivity index (χ1) is 13.1. The number of carbonyl (C=O) groups is 1. The van der Waals surface area contributed by atoms with Gasteiger partial charge >= 0.3 is 0 Å². The van der Waals surface area contributed by atoms with Crippen molar-refractivity contribution < 1.29 is 4.79 Å². The molecule has 0 unspecified atom stereocenters.